The summed E-state index contributed by atoms with van der Waals surface area (Å²) in [4.78, 5) is 16.9. The molecule has 162 valence electrons. The number of ether oxygens (including phenoxy) is 2. The van der Waals surface area contributed by atoms with E-state index in [1.165, 1.54) is 11.1 Å². The maximum Gasteiger partial charge on any atom is 0.363 e. The molecule has 0 amide bonds. The summed E-state index contributed by atoms with van der Waals surface area (Å²) in [6, 6.07) is 23.8. The van der Waals surface area contributed by atoms with Gasteiger partial charge in [0.05, 0.1) is 0 Å². The fourth-order valence-electron chi connectivity index (χ4n) is 3.49. The molecule has 0 saturated heterocycles. The quantitative estimate of drug-likeness (QED) is 0.360. The predicted octanol–water partition coefficient (Wildman–Crippen LogP) is 6.22. The van der Waals surface area contributed by atoms with Gasteiger partial charge in [0.2, 0.25) is 5.90 Å². The van der Waals surface area contributed by atoms with E-state index >= 15 is 0 Å². The zero-order chi connectivity index (χ0) is 22.7. The van der Waals surface area contributed by atoms with Crippen molar-refractivity contribution in [1.29, 1.82) is 0 Å². The minimum atomic E-state index is -0.464. The van der Waals surface area contributed by atoms with E-state index in [9.17, 15) is 4.79 Å². The van der Waals surface area contributed by atoms with Gasteiger partial charge in [0.25, 0.3) is 0 Å². The van der Waals surface area contributed by atoms with Crippen LogP contribution in [0.1, 0.15) is 48.6 Å². The largest absolute Gasteiger partial charge is 0.488 e. The van der Waals surface area contributed by atoms with Crippen LogP contribution in [0.3, 0.4) is 0 Å². The number of nitrogens with zero attached hydrogens (tertiary/aromatic N) is 1. The predicted molar refractivity (Wildman–Crippen MR) is 128 cm³/mol. The normalized spacial score (nSPS) is 14.9. The van der Waals surface area contributed by atoms with Crippen LogP contribution in [0.5, 0.6) is 5.75 Å². The molecule has 0 spiro atoms. The Morgan fingerprint density at radius 2 is 1.72 bits per heavy atom. The number of esters is 1. The maximum absolute atomic E-state index is 12.5. The summed E-state index contributed by atoms with van der Waals surface area (Å²) in [6.45, 7) is 8.98. The van der Waals surface area contributed by atoms with Crippen LogP contribution >= 0.6 is 0 Å². The van der Waals surface area contributed by atoms with Crippen molar-refractivity contribution in [1.82, 2.24) is 0 Å². The first-order valence-electron chi connectivity index (χ1n) is 10.7. The van der Waals surface area contributed by atoms with Crippen molar-refractivity contribution in [3.05, 3.63) is 106 Å². The van der Waals surface area contributed by atoms with Crippen molar-refractivity contribution in [2.45, 2.75) is 39.7 Å². The minimum Gasteiger partial charge on any atom is -0.488 e. The lowest BCUT2D eigenvalue weighted by atomic mass is 9.87. The molecule has 1 heterocycles. The van der Waals surface area contributed by atoms with E-state index in [0.717, 1.165) is 16.7 Å². The third-order valence-corrected chi connectivity index (χ3v) is 5.31. The molecule has 0 unspecified atom stereocenters. The van der Waals surface area contributed by atoms with Crippen molar-refractivity contribution >= 4 is 17.9 Å². The summed E-state index contributed by atoms with van der Waals surface area (Å²) < 4.78 is 11.5. The second-order valence-corrected chi connectivity index (χ2v) is 8.98. The Labute approximate surface area is 189 Å². The fraction of sp³-hybridized carbons (Fsp3) is 0.214. The first-order valence-corrected chi connectivity index (χ1v) is 10.7. The Hall–Kier alpha value is -3.66. The lowest BCUT2D eigenvalue weighted by Gasteiger charge is -2.18. The van der Waals surface area contributed by atoms with E-state index in [1.807, 2.05) is 60.7 Å². The van der Waals surface area contributed by atoms with Crippen molar-refractivity contribution in [3.63, 3.8) is 0 Å². The molecule has 0 aliphatic carbocycles. The smallest absolute Gasteiger partial charge is 0.363 e. The van der Waals surface area contributed by atoms with Crippen molar-refractivity contribution in [2.24, 2.45) is 4.99 Å². The van der Waals surface area contributed by atoms with Crippen LogP contribution in [0.15, 0.2) is 83.5 Å². The minimum absolute atomic E-state index is 0.0555. The Bertz CT molecular complexity index is 1200. The van der Waals surface area contributed by atoms with E-state index in [0.29, 0.717) is 18.3 Å². The van der Waals surface area contributed by atoms with Crippen LogP contribution < -0.4 is 4.74 Å². The molecule has 0 fully saturated rings. The van der Waals surface area contributed by atoms with E-state index in [2.05, 4.69) is 44.8 Å². The fourth-order valence-corrected chi connectivity index (χ4v) is 3.49. The van der Waals surface area contributed by atoms with Crippen molar-refractivity contribution in [3.8, 4) is 5.75 Å². The monoisotopic (exact) mass is 425 g/mol. The third-order valence-electron chi connectivity index (χ3n) is 5.31. The zero-order valence-corrected chi connectivity index (χ0v) is 18.9. The molecule has 0 saturated carbocycles. The molecule has 3 aromatic rings. The summed E-state index contributed by atoms with van der Waals surface area (Å²) in [7, 11) is 0. The van der Waals surface area contributed by atoms with Gasteiger partial charge in [-0.3, -0.25) is 0 Å². The number of cyclic esters (lactones) is 1. The van der Waals surface area contributed by atoms with Crippen LogP contribution in [0.2, 0.25) is 0 Å². The highest BCUT2D eigenvalue weighted by atomic mass is 16.6. The van der Waals surface area contributed by atoms with Crippen LogP contribution in [-0.4, -0.2) is 11.9 Å². The molecule has 0 radical (unpaired) electrons. The first kappa shape index (κ1) is 21.6. The Balaban J connectivity index is 1.56. The molecule has 4 nitrogen and oxygen atoms in total. The molecule has 3 aromatic carbocycles. The van der Waals surface area contributed by atoms with E-state index < -0.39 is 5.97 Å². The molecule has 4 rings (SSSR count). The van der Waals surface area contributed by atoms with Gasteiger partial charge in [-0.1, -0.05) is 80.9 Å². The zero-order valence-electron chi connectivity index (χ0n) is 18.9. The van der Waals surface area contributed by atoms with Gasteiger partial charge in [-0.25, -0.2) is 9.79 Å². The molecule has 0 N–H and O–H groups in total. The summed E-state index contributed by atoms with van der Waals surface area (Å²) in [5.41, 5.74) is 5.35. The molecular weight excluding hydrogens is 398 g/mol. The second-order valence-electron chi connectivity index (χ2n) is 8.98. The molecule has 1 aliphatic rings. The average Bonchev–Trinajstić information content (AvgIpc) is 3.13. The highest BCUT2D eigenvalue weighted by Gasteiger charge is 2.25. The van der Waals surface area contributed by atoms with Gasteiger partial charge in [0.15, 0.2) is 5.70 Å². The Kier molecular flexibility index (Phi) is 5.95. The van der Waals surface area contributed by atoms with Gasteiger partial charge >= 0.3 is 5.97 Å². The second kappa shape index (κ2) is 8.83. The summed E-state index contributed by atoms with van der Waals surface area (Å²) in [5, 5.41) is 0. The van der Waals surface area contributed by atoms with Crippen molar-refractivity contribution < 1.29 is 14.3 Å². The average molecular weight is 426 g/mol. The molecule has 0 bridgehead atoms. The lowest BCUT2D eigenvalue weighted by Crippen LogP contribution is -2.11. The first-order chi connectivity index (χ1) is 15.3. The number of carbonyl (C=O) groups is 1. The van der Waals surface area contributed by atoms with E-state index in [1.54, 1.807) is 6.08 Å². The molecule has 4 heteroatoms. The topological polar surface area (TPSA) is 47.9 Å². The SMILES string of the molecule is Cc1cccc(COc2ccccc2C=C2N=C(c3ccc(C(C)(C)C)cc3)OC2=O)c1. The molecule has 32 heavy (non-hydrogen) atoms. The van der Waals surface area contributed by atoms with Gasteiger partial charge < -0.3 is 9.47 Å². The molecule has 0 aromatic heterocycles. The highest BCUT2D eigenvalue weighted by Crippen LogP contribution is 2.27. The van der Waals surface area contributed by atoms with Gasteiger partial charge in [0.1, 0.15) is 12.4 Å². The number of benzene rings is 3. The van der Waals surface area contributed by atoms with Gasteiger partial charge in [0, 0.05) is 11.1 Å². The summed E-state index contributed by atoms with van der Waals surface area (Å²) >= 11 is 0. The van der Waals surface area contributed by atoms with Crippen LogP contribution in [0.25, 0.3) is 6.08 Å². The number of hydrogen-bond donors (Lipinski definition) is 0. The van der Waals surface area contributed by atoms with Crippen molar-refractivity contribution in [2.75, 3.05) is 0 Å². The van der Waals surface area contributed by atoms with Crippen LogP contribution in [-0.2, 0) is 21.6 Å². The van der Waals surface area contributed by atoms with E-state index in [-0.39, 0.29) is 11.1 Å². The van der Waals surface area contributed by atoms with Gasteiger partial charge in [-0.15, -0.1) is 0 Å². The number of rotatable bonds is 5. The molecular formula is C28H27NO3. The van der Waals surface area contributed by atoms with Crippen LogP contribution in [0.4, 0.5) is 0 Å². The molecule has 1 aliphatic heterocycles. The summed E-state index contributed by atoms with van der Waals surface area (Å²) in [5.74, 6) is 0.542. The van der Waals surface area contributed by atoms with Gasteiger partial charge in [-0.2, -0.15) is 0 Å². The van der Waals surface area contributed by atoms with Crippen LogP contribution in [0, 0.1) is 6.92 Å². The number of para-hydroxylation sites is 1. The highest BCUT2D eigenvalue weighted by molar-refractivity contribution is 6.13. The Morgan fingerprint density at radius 1 is 0.969 bits per heavy atom. The number of aryl methyl sites for hydroxylation is 1. The lowest BCUT2D eigenvalue weighted by molar-refractivity contribution is -0.129. The van der Waals surface area contributed by atoms with Gasteiger partial charge in [-0.05, 0) is 47.7 Å². The maximum atomic E-state index is 12.5. The Morgan fingerprint density at radius 3 is 2.44 bits per heavy atom. The third kappa shape index (κ3) is 4.97. The number of aliphatic imine (C=N–C) groups is 1. The number of carbonyl (C=O) groups excluding carboxylic acids is 1. The standard InChI is InChI=1S/C28H27NO3/c1-19-8-7-9-20(16-19)18-31-25-11-6-5-10-22(25)17-24-27(30)32-26(29-24)21-12-14-23(15-13-21)28(2,3)4/h5-17H,18H2,1-4H3. The van der Waals surface area contributed by atoms with E-state index in [4.69, 9.17) is 9.47 Å². The summed E-state index contributed by atoms with van der Waals surface area (Å²) in [6.07, 6.45) is 1.71. The molecule has 0 atom stereocenters. The number of hydrogen-bond acceptors (Lipinski definition) is 4.